The van der Waals surface area contributed by atoms with E-state index in [1.165, 1.54) is 19.4 Å². The Bertz CT molecular complexity index is 337. The van der Waals surface area contributed by atoms with Crippen LogP contribution in [0, 0.1) is 0 Å². The summed E-state index contributed by atoms with van der Waals surface area (Å²) in [5.41, 5.74) is 4.95. The predicted molar refractivity (Wildman–Crippen MR) is 75.1 cm³/mol. The van der Waals surface area contributed by atoms with E-state index >= 15 is 0 Å². The lowest BCUT2D eigenvalue weighted by Gasteiger charge is -2.31. The van der Waals surface area contributed by atoms with Crippen LogP contribution in [0.4, 0.5) is 0 Å². The average molecular weight is 269 g/mol. The lowest BCUT2D eigenvalue weighted by atomic mass is 9.99. The maximum Gasteiger partial charge on any atom is 0.323 e. The quantitative estimate of drug-likeness (QED) is 0.770. The first-order chi connectivity index (χ1) is 8.96. The number of likely N-dealkylation sites (tertiary alicyclic amines) is 1. The normalized spacial score (nSPS) is 36.2. The zero-order chi connectivity index (χ0) is 14.0. The Morgan fingerprint density at radius 3 is 2.84 bits per heavy atom. The summed E-state index contributed by atoms with van der Waals surface area (Å²) in [5.74, 6) is -0.848. The monoisotopic (exact) mass is 269 g/mol. The van der Waals surface area contributed by atoms with Gasteiger partial charge in [0.2, 0.25) is 0 Å². The summed E-state index contributed by atoms with van der Waals surface area (Å²) in [7, 11) is 2.12. The molecule has 19 heavy (non-hydrogen) atoms. The number of rotatable bonds is 5. The van der Waals surface area contributed by atoms with Crippen LogP contribution in [-0.2, 0) is 4.79 Å². The van der Waals surface area contributed by atoms with E-state index in [1.807, 2.05) is 0 Å². The molecule has 5 heteroatoms. The van der Waals surface area contributed by atoms with Gasteiger partial charge in [0.15, 0.2) is 0 Å². The third-order valence-electron chi connectivity index (χ3n) is 4.98. The number of aliphatic carboxylic acids is 1. The van der Waals surface area contributed by atoms with E-state index in [2.05, 4.69) is 23.8 Å². The van der Waals surface area contributed by atoms with Crippen molar-refractivity contribution in [3.8, 4) is 0 Å². The Labute approximate surface area is 115 Å². The lowest BCUT2D eigenvalue weighted by Crippen LogP contribution is -2.48. The zero-order valence-corrected chi connectivity index (χ0v) is 12.1. The van der Waals surface area contributed by atoms with Crippen molar-refractivity contribution in [2.45, 2.75) is 56.7 Å². The second-order valence-corrected chi connectivity index (χ2v) is 6.22. The fourth-order valence-corrected chi connectivity index (χ4v) is 3.62. The number of nitrogens with two attached hydrogens (primary N) is 1. The van der Waals surface area contributed by atoms with Crippen molar-refractivity contribution >= 4 is 5.97 Å². The number of hydrogen-bond acceptors (Lipinski definition) is 4. The van der Waals surface area contributed by atoms with Crippen molar-refractivity contribution in [1.82, 2.24) is 9.80 Å². The second kappa shape index (κ2) is 5.77. The number of carboxylic acid groups (broad SMARTS) is 1. The first-order valence-corrected chi connectivity index (χ1v) is 7.43. The molecule has 2 rings (SSSR count). The third kappa shape index (κ3) is 3.09. The molecule has 0 spiro atoms. The van der Waals surface area contributed by atoms with E-state index in [9.17, 15) is 9.90 Å². The standard InChI is InChI=1S/C14H27N3O2/c1-3-17-8-4-5-12(17)10-16(2)11-6-7-14(15,9-11)13(18)19/h11-12H,3-10,15H2,1-2H3,(H,18,19). The summed E-state index contributed by atoms with van der Waals surface area (Å²) in [6.07, 6.45) is 4.62. The first-order valence-electron chi connectivity index (χ1n) is 7.43. The molecule has 3 N–H and O–H groups in total. The van der Waals surface area contributed by atoms with E-state index in [4.69, 9.17) is 5.73 Å². The molecule has 1 aliphatic carbocycles. The number of carboxylic acids is 1. The summed E-state index contributed by atoms with van der Waals surface area (Å²) < 4.78 is 0. The Kier molecular flexibility index (Phi) is 4.48. The number of carbonyl (C=O) groups is 1. The van der Waals surface area contributed by atoms with Crippen LogP contribution in [0.3, 0.4) is 0 Å². The molecule has 1 saturated carbocycles. The Morgan fingerprint density at radius 1 is 1.53 bits per heavy atom. The van der Waals surface area contributed by atoms with Crippen molar-refractivity contribution < 1.29 is 9.90 Å². The molecular weight excluding hydrogens is 242 g/mol. The molecule has 0 aromatic carbocycles. The summed E-state index contributed by atoms with van der Waals surface area (Å²) in [4.78, 5) is 16.0. The Hall–Kier alpha value is -0.650. The van der Waals surface area contributed by atoms with E-state index in [1.54, 1.807) is 0 Å². The second-order valence-electron chi connectivity index (χ2n) is 6.22. The van der Waals surface area contributed by atoms with Gasteiger partial charge in [-0.3, -0.25) is 9.69 Å². The van der Waals surface area contributed by atoms with Crippen LogP contribution in [0.2, 0.25) is 0 Å². The summed E-state index contributed by atoms with van der Waals surface area (Å²) in [6.45, 7) is 5.56. The van der Waals surface area contributed by atoms with Crippen LogP contribution in [-0.4, -0.2) is 65.2 Å². The average Bonchev–Trinajstić information content (AvgIpc) is 2.96. The van der Waals surface area contributed by atoms with Gasteiger partial charge in [-0.25, -0.2) is 0 Å². The smallest absolute Gasteiger partial charge is 0.323 e. The zero-order valence-electron chi connectivity index (χ0n) is 12.1. The molecule has 3 atom stereocenters. The van der Waals surface area contributed by atoms with Crippen LogP contribution in [0.15, 0.2) is 0 Å². The molecule has 2 fully saturated rings. The van der Waals surface area contributed by atoms with Gasteiger partial charge in [0, 0.05) is 18.6 Å². The maximum atomic E-state index is 11.2. The van der Waals surface area contributed by atoms with Crippen molar-refractivity contribution in [3.05, 3.63) is 0 Å². The molecule has 0 bridgehead atoms. The lowest BCUT2D eigenvalue weighted by molar-refractivity contribution is -0.143. The van der Waals surface area contributed by atoms with Gasteiger partial charge >= 0.3 is 5.97 Å². The molecule has 110 valence electrons. The number of likely N-dealkylation sites (N-methyl/N-ethyl adjacent to an activating group) is 2. The van der Waals surface area contributed by atoms with Crippen LogP contribution in [0.5, 0.6) is 0 Å². The Morgan fingerprint density at radius 2 is 2.26 bits per heavy atom. The molecule has 1 saturated heterocycles. The van der Waals surface area contributed by atoms with Crippen LogP contribution < -0.4 is 5.73 Å². The summed E-state index contributed by atoms with van der Waals surface area (Å²) in [5, 5.41) is 9.18. The number of hydrogen-bond donors (Lipinski definition) is 2. The SMILES string of the molecule is CCN1CCCC1CN(C)C1CCC(N)(C(=O)O)C1. The highest BCUT2D eigenvalue weighted by atomic mass is 16.4. The minimum Gasteiger partial charge on any atom is -0.480 e. The highest BCUT2D eigenvalue weighted by Gasteiger charge is 2.43. The van der Waals surface area contributed by atoms with Gasteiger partial charge in [0.05, 0.1) is 0 Å². The molecule has 2 aliphatic rings. The molecule has 0 amide bonds. The third-order valence-corrected chi connectivity index (χ3v) is 4.98. The van der Waals surface area contributed by atoms with Gasteiger partial charge in [-0.05, 0) is 52.2 Å². The largest absolute Gasteiger partial charge is 0.480 e. The number of nitrogens with zero attached hydrogens (tertiary/aromatic N) is 2. The van der Waals surface area contributed by atoms with Crippen molar-refractivity contribution in [2.24, 2.45) is 5.73 Å². The van der Waals surface area contributed by atoms with Gasteiger partial charge in [-0.2, -0.15) is 0 Å². The molecule has 1 heterocycles. The topological polar surface area (TPSA) is 69.8 Å². The highest BCUT2D eigenvalue weighted by molar-refractivity contribution is 5.79. The summed E-state index contributed by atoms with van der Waals surface area (Å²) >= 11 is 0. The predicted octanol–water partition coefficient (Wildman–Crippen LogP) is 0.737. The van der Waals surface area contributed by atoms with Gasteiger partial charge in [0.25, 0.3) is 0 Å². The van der Waals surface area contributed by atoms with Crippen molar-refractivity contribution in [3.63, 3.8) is 0 Å². The van der Waals surface area contributed by atoms with Gasteiger partial charge in [-0.1, -0.05) is 6.92 Å². The first kappa shape index (κ1) is 14.8. The molecule has 0 aromatic rings. The molecular formula is C14H27N3O2. The van der Waals surface area contributed by atoms with Gasteiger partial charge < -0.3 is 15.7 Å². The fourth-order valence-electron chi connectivity index (χ4n) is 3.62. The van der Waals surface area contributed by atoms with Gasteiger partial charge in [-0.15, -0.1) is 0 Å². The molecule has 1 aliphatic heterocycles. The molecule has 3 unspecified atom stereocenters. The van der Waals surface area contributed by atoms with Crippen molar-refractivity contribution in [2.75, 3.05) is 26.7 Å². The van der Waals surface area contributed by atoms with E-state index < -0.39 is 11.5 Å². The molecule has 5 nitrogen and oxygen atoms in total. The summed E-state index contributed by atoms with van der Waals surface area (Å²) in [6, 6.07) is 0.952. The van der Waals surface area contributed by atoms with Crippen molar-refractivity contribution in [1.29, 1.82) is 0 Å². The van der Waals surface area contributed by atoms with Crippen LogP contribution >= 0.6 is 0 Å². The van der Waals surface area contributed by atoms with E-state index in [0.717, 1.165) is 19.5 Å². The van der Waals surface area contributed by atoms with E-state index in [-0.39, 0.29) is 0 Å². The Balaban J connectivity index is 1.88. The van der Waals surface area contributed by atoms with Crippen LogP contribution in [0.25, 0.3) is 0 Å². The van der Waals surface area contributed by atoms with Crippen LogP contribution in [0.1, 0.15) is 39.0 Å². The maximum absolute atomic E-state index is 11.2. The highest BCUT2D eigenvalue weighted by Crippen LogP contribution is 2.31. The minimum atomic E-state index is -1.00. The minimum absolute atomic E-state index is 0.320. The fraction of sp³-hybridized carbons (Fsp3) is 0.929. The van der Waals surface area contributed by atoms with Gasteiger partial charge in [0.1, 0.15) is 5.54 Å². The van der Waals surface area contributed by atoms with E-state index in [0.29, 0.717) is 24.9 Å². The molecule has 0 radical (unpaired) electrons. The molecule has 0 aromatic heterocycles.